The van der Waals surface area contributed by atoms with Crippen molar-refractivity contribution in [2.75, 3.05) is 6.61 Å². The van der Waals surface area contributed by atoms with E-state index < -0.39 is 0 Å². The van der Waals surface area contributed by atoms with Crippen molar-refractivity contribution in [2.45, 2.75) is 26.1 Å². The summed E-state index contributed by atoms with van der Waals surface area (Å²) in [5.41, 5.74) is 1.18. The molecular weight excluding hydrogens is 258 g/mol. The van der Waals surface area contributed by atoms with E-state index in [4.69, 9.17) is 9.84 Å². The normalized spacial score (nSPS) is 12.3. The Bertz CT molecular complexity index is 484. The van der Waals surface area contributed by atoms with E-state index in [-0.39, 0.29) is 12.6 Å². The molecule has 0 amide bonds. The minimum atomic E-state index is 0.131. The molecular formula is C15H19NO2S. The first-order chi connectivity index (χ1) is 9.28. The predicted octanol–water partition coefficient (Wildman–Crippen LogP) is 2.80. The van der Waals surface area contributed by atoms with Crippen molar-refractivity contribution >= 4 is 11.3 Å². The van der Waals surface area contributed by atoms with E-state index in [0.717, 1.165) is 12.3 Å². The highest BCUT2D eigenvalue weighted by atomic mass is 32.1. The van der Waals surface area contributed by atoms with Crippen LogP contribution in [0.15, 0.2) is 41.8 Å². The first kappa shape index (κ1) is 14.1. The zero-order chi connectivity index (χ0) is 13.5. The van der Waals surface area contributed by atoms with Gasteiger partial charge in [0.25, 0.3) is 0 Å². The van der Waals surface area contributed by atoms with Gasteiger partial charge in [-0.2, -0.15) is 0 Å². The zero-order valence-corrected chi connectivity index (χ0v) is 11.8. The van der Waals surface area contributed by atoms with Crippen LogP contribution in [-0.4, -0.2) is 17.8 Å². The Labute approximate surface area is 117 Å². The molecule has 1 atom stereocenters. The van der Waals surface area contributed by atoms with E-state index in [0.29, 0.717) is 6.61 Å². The van der Waals surface area contributed by atoms with Crippen LogP contribution >= 0.6 is 11.3 Å². The molecule has 0 spiro atoms. The number of para-hydroxylation sites is 1. The summed E-state index contributed by atoms with van der Waals surface area (Å²) in [6.07, 6.45) is 0. The van der Waals surface area contributed by atoms with Gasteiger partial charge >= 0.3 is 0 Å². The van der Waals surface area contributed by atoms with Crippen LogP contribution in [0.3, 0.4) is 0 Å². The maximum Gasteiger partial charge on any atom is 0.119 e. The van der Waals surface area contributed by atoms with E-state index in [1.165, 1.54) is 10.4 Å². The number of rotatable bonds is 7. The molecule has 4 heteroatoms. The fourth-order valence-electron chi connectivity index (χ4n) is 1.62. The van der Waals surface area contributed by atoms with Gasteiger partial charge in [-0.05, 0) is 30.5 Å². The average Bonchev–Trinajstić information content (AvgIpc) is 2.91. The Balaban J connectivity index is 1.81. The number of hydrogen-bond acceptors (Lipinski definition) is 4. The Morgan fingerprint density at radius 2 is 2.11 bits per heavy atom. The number of nitrogens with one attached hydrogen (secondary N) is 1. The van der Waals surface area contributed by atoms with Crippen molar-refractivity contribution in [1.29, 1.82) is 0 Å². The second-order valence-corrected chi connectivity index (χ2v) is 5.48. The third kappa shape index (κ3) is 4.67. The maximum atomic E-state index is 8.95. The van der Waals surface area contributed by atoms with Crippen LogP contribution in [0.2, 0.25) is 0 Å². The zero-order valence-electron chi connectivity index (χ0n) is 11.0. The quantitative estimate of drug-likeness (QED) is 0.817. The molecule has 0 saturated heterocycles. The van der Waals surface area contributed by atoms with Crippen LogP contribution in [0.5, 0.6) is 5.75 Å². The van der Waals surface area contributed by atoms with Crippen molar-refractivity contribution in [3.05, 3.63) is 52.2 Å². The minimum absolute atomic E-state index is 0.131. The summed E-state index contributed by atoms with van der Waals surface area (Å²) in [5, 5.41) is 14.3. The molecule has 0 radical (unpaired) electrons. The fourth-order valence-corrected chi connectivity index (χ4v) is 2.44. The van der Waals surface area contributed by atoms with Crippen LogP contribution in [0.4, 0.5) is 0 Å². The van der Waals surface area contributed by atoms with E-state index in [1.54, 1.807) is 11.3 Å². The van der Waals surface area contributed by atoms with Gasteiger partial charge < -0.3 is 15.2 Å². The molecule has 0 bridgehead atoms. The summed E-state index contributed by atoms with van der Waals surface area (Å²) < 4.78 is 5.70. The van der Waals surface area contributed by atoms with Crippen molar-refractivity contribution in [1.82, 2.24) is 5.32 Å². The highest BCUT2D eigenvalue weighted by Gasteiger charge is 2.03. The Morgan fingerprint density at radius 1 is 1.32 bits per heavy atom. The Morgan fingerprint density at radius 3 is 2.84 bits per heavy atom. The summed E-state index contributed by atoms with van der Waals surface area (Å²) >= 11 is 1.71. The number of ether oxygens (including phenoxy) is 1. The smallest absolute Gasteiger partial charge is 0.119 e. The molecule has 1 aromatic heterocycles. The van der Waals surface area contributed by atoms with Crippen LogP contribution in [0.1, 0.15) is 17.4 Å². The number of thiophene rings is 1. The second-order valence-electron chi connectivity index (χ2n) is 4.49. The van der Waals surface area contributed by atoms with Gasteiger partial charge in [0.1, 0.15) is 12.4 Å². The van der Waals surface area contributed by atoms with E-state index >= 15 is 0 Å². The van der Waals surface area contributed by atoms with Gasteiger partial charge in [0.2, 0.25) is 0 Å². The van der Waals surface area contributed by atoms with Crippen LogP contribution in [0.25, 0.3) is 0 Å². The Hall–Kier alpha value is -1.36. The third-order valence-corrected chi connectivity index (χ3v) is 3.74. The predicted molar refractivity (Wildman–Crippen MR) is 78.5 cm³/mol. The van der Waals surface area contributed by atoms with Gasteiger partial charge in [-0.15, -0.1) is 11.3 Å². The third-order valence-electron chi connectivity index (χ3n) is 2.76. The highest BCUT2D eigenvalue weighted by molar-refractivity contribution is 7.10. The van der Waals surface area contributed by atoms with Crippen LogP contribution in [-0.2, 0) is 13.2 Å². The van der Waals surface area contributed by atoms with Gasteiger partial charge in [0.05, 0.1) is 6.61 Å². The lowest BCUT2D eigenvalue weighted by Gasteiger charge is -2.08. The molecule has 1 unspecified atom stereocenters. The monoisotopic (exact) mass is 277 g/mol. The van der Waals surface area contributed by atoms with Gasteiger partial charge in [0.15, 0.2) is 0 Å². The molecule has 3 nitrogen and oxygen atoms in total. The summed E-state index contributed by atoms with van der Waals surface area (Å²) in [4.78, 5) is 1.26. The summed E-state index contributed by atoms with van der Waals surface area (Å²) in [6, 6.07) is 12.1. The SMILES string of the molecule is CC(CO)NCc1cc(COc2ccccc2)cs1. The first-order valence-corrected chi connectivity index (χ1v) is 7.24. The number of aliphatic hydroxyl groups is 1. The van der Waals surface area contributed by atoms with E-state index in [9.17, 15) is 0 Å². The lowest BCUT2D eigenvalue weighted by Crippen LogP contribution is -2.28. The number of aliphatic hydroxyl groups excluding tert-OH is 1. The summed E-state index contributed by atoms with van der Waals surface area (Å²) in [7, 11) is 0. The lowest BCUT2D eigenvalue weighted by molar-refractivity contribution is 0.251. The lowest BCUT2D eigenvalue weighted by atomic mass is 10.3. The maximum absolute atomic E-state index is 8.95. The minimum Gasteiger partial charge on any atom is -0.489 e. The van der Waals surface area contributed by atoms with Gasteiger partial charge in [-0.25, -0.2) is 0 Å². The largest absolute Gasteiger partial charge is 0.489 e. The molecule has 0 aliphatic rings. The standard InChI is InChI=1S/C15H19NO2S/c1-12(9-17)16-8-15-7-13(11-19-15)10-18-14-5-3-2-4-6-14/h2-7,11-12,16-17H,8-10H2,1H3. The molecule has 2 N–H and O–H groups in total. The van der Waals surface area contributed by atoms with Crippen molar-refractivity contribution < 1.29 is 9.84 Å². The molecule has 0 saturated carbocycles. The van der Waals surface area contributed by atoms with Gasteiger partial charge in [-0.1, -0.05) is 18.2 Å². The topological polar surface area (TPSA) is 41.5 Å². The van der Waals surface area contributed by atoms with Crippen LogP contribution in [0, 0.1) is 0 Å². The van der Waals surface area contributed by atoms with Gasteiger partial charge in [0, 0.05) is 23.0 Å². The molecule has 0 aliphatic heterocycles. The van der Waals surface area contributed by atoms with Crippen molar-refractivity contribution in [3.63, 3.8) is 0 Å². The fraction of sp³-hybridized carbons (Fsp3) is 0.333. The highest BCUT2D eigenvalue weighted by Crippen LogP contribution is 2.17. The number of benzene rings is 1. The molecule has 0 aliphatic carbocycles. The summed E-state index contributed by atoms with van der Waals surface area (Å²) in [6.45, 7) is 3.51. The van der Waals surface area contributed by atoms with Crippen molar-refractivity contribution in [2.24, 2.45) is 0 Å². The molecule has 2 aromatic rings. The molecule has 1 aromatic carbocycles. The summed E-state index contributed by atoms with van der Waals surface area (Å²) in [5.74, 6) is 0.891. The van der Waals surface area contributed by atoms with Crippen molar-refractivity contribution in [3.8, 4) is 5.75 Å². The molecule has 1 heterocycles. The molecule has 102 valence electrons. The van der Waals surface area contributed by atoms with Crippen LogP contribution < -0.4 is 10.1 Å². The Kier molecular flexibility index (Phi) is 5.39. The second kappa shape index (κ2) is 7.28. The average molecular weight is 277 g/mol. The molecule has 2 rings (SSSR count). The first-order valence-electron chi connectivity index (χ1n) is 6.36. The van der Waals surface area contributed by atoms with Gasteiger partial charge in [-0.3, -0.25) is 0 Å². The van der Waals surface area contributed by atoms with E-state index in [1.807, 2.05) is 37.3 Å². The number of hydrogen-bond donors (Lipinski definition) is 2. The molecule has 19 heavy (non-hydrogen) atoms. The molecule has 0 fully saturated rings. The van der Waals surface area contributed by atoms with E-state index in [2.05, 4.69) is 16.8 Å².